The standard InChI is InChI=1S/C85H146O17P2/c1-5-9-13-17-21-25-29-33-36-38-39-41-44-47-50-54-58-62-66-70-83(88)96-76-81(102-85(90)72-68-64-60-56-52-48-42-35-31-27-23-19-15-11-7-3)78-100-104(93,94)98-74-79(86)73-97-103(91,92)99-77-80(101-84(89)71-67-63-59-55-51-45-32-28-24-20-16-12-8-4)75-95-82(87)69-65-61-57-53-49-46-43-40-37-34-30-26-22-18-14-10-6-2/h10-11,14-15,21-23,25-28,32-37,39,41-42,79-81,86H,5-9,12-13,16-20,24,29-31,38,40,43-78H2,1-4H3,(H,91,92)(H,93,94)/b14-10-,15-11-,25-21-,26-22-,27-23-,32-28-,36-33-,37-34-,41-39-,42-35-. The summed E-state index contributed by atoms with van der Waals surface area (Å²) in [4.78, 5) is 73.1. The largest absolute Gasteiger partial charge is 0.472 e. The van der Waals surface area contributed by atoms with Crippen molar-refractivity contribution in [3.63, 3.8) is 0 Å². The summed E-state index contributed by atoms with van der Waals surface area (Å²) in [7, 11) is -9.97. The number of aliphatic hydroxyl groups excluding tert-OH is 1. The Morgan fingerprint density at radius 3 is 0.798 bits per heavy atom. The van der Waals surface area contributed by atoms with Gasteiger partial charge in [-0.25, -0.2) is 9.13 Å². The minimum absolute atomic E-state index is 0.0706. The number of rotatable bonds is 76. The van der Waals surface area contributed by atoms with Crippen molar-refractivity contribution in [2.75, 3.05) is 39.6 Å². The normalized spacial score (nSPS) is 14.5. The topological polar surface area (TPSA) is 237 Å². The van der Waals surface area contributed by atoms with Crippen molar-refractivity contribution in [3.05, 3.63) is 122 Å². The van der Waals surface area contributed by atoms with Gasteiger partial charge in [-0.3, -0.25) is 37.3 Å². The molecule has 17 nitrogen and oxygen atoms in total. The van der Waals surface area contributed by atoms with E-state index in [1.54, 1.807) is 0 Å². The molecule has 3 N–H and O–H groups in total. The fourth-order valence-corrected chi connectivity index (χ4v) is 12.3. The van der Waals surface area contributed by atoms with Gasteiger partial charge in [-0.05, 0) is 154 Å². The average molecular weight is 1500 g/mol. The van der Waals surface area contributed by atoms with E-state index in [0.29, 0.717) is 25.7 Å². The molecule has 104 heavy (non-hydrogen) atoms. The summed E-state index contributed by atoms with van der Waals surface area (Å²) in [5.41, 5.74) is 0. The minimum atomic E-state index is -4.99. The molecule has 0 aliphatic carbocycles. The summed E-state index contributed by atoms with van der Waals surface area (Å²) < 4.78 is 68.6. The lowest BCUT2D eigenvalue weighted by Gasteiger charge is -2.21. The Kier molecular flexibility index (Phi) is 73.3. The van der Waals surface area contributed by atoms with Gasteiger partial charge in [-0.2, -0.15) is 0 Å². The number of hydrogen-bond donors (Lipinski definition) is 3. The Hall–Kier alpha value is -4.54. The summed E-state index contributed by atoms with van der Waals surface area (Å²) in [5, 5.41) is 10.6. The van der Waals surface area contributed by atoms with Crippen molar-refractivity contribution in [3.8, 4) is 0 Å². The van der Waals surface area contributed by atoms with Crippen LogP contribution < -0.4 is 0 Å². The molecule has 0 bridgehead atoms. The Morgan fingerprint density at radius 1 is 0.279 bits per heavy atom. The molecule has 0 saturated heterocycles. The zero-order valence-corrected chi connectivity index (χ0v) is 67.2. The maximum atomic E-state index is 13.1. The number of carbonyl (C=O) groups is 4. The highest BCUT2D eigenvalue weighted by Crippen LogP contribution is 2.45. The number of aliphatic hydroxyl groups is 1. The first-order valence-electron chi connectivity index (χ1n) is 40.8. The van der Waals surface area contributed by atoms with E-state index in [9.17, 15) is 43.2 Å². The first-order valence-corrected chi connectivity index (χ1v) is 43.8. The molecule has 0 aromatic rings. The summed E-state index contributed by atoms with van der Waals surface area (Å²) >= 11 is 0. The van der Waals surface area contributed by atoms with E-state index in [1.807, 2.05) is 0 Å². The summed E-state index contributed by atoms with van der Waals surface area (Å²) in [6.07, 6.45) is 84.5. The molecule has 5 unspecified atom stereocenters. The molecule has 0 fully saturated rings. The number of hydrogen-bond acceptors (Lipinski definition) is 15. The molecule has 0 radical (unpaired) electrons. The van der Waals surface area contributed by atoms with Crippen LogP contribution in [0.2, 0.25) is 0 Å². The molecule has 0 saturated carbocycles. The van der Waals surface area contributed by atoms with Gasteiger partial charge in [-0.15, -0.1) is 0 Å². The Balaban J connectivity index is 5.37. The molecule has 0 rings (SSSR count). The molecule has 598 valence electrons. The number of phosphoric ester groups is 2. The van der Waals surface area contributed by atoms with Crippen molar-refractivity contribution in [1.29, 1.82) is 0 Å². The molecule has 0 aliphatic rings. The number of carbonyl (C=O) groups excluding carboxylic acids is 4. The van der Waals surface area contributed by atoms with E-state index >= 15 is 0 Å². The van der Waals surface area contributed by atoms with Gasteiger partial charge in [-0.1, -0.05) is 278 Å². The molecule has 0 spiro atoms. The molecule has 5 atom stereocenters. The first kappa shape index (κ1) is 99.5. The van der Waals surface area contributed by atoms with E-state index < -0.39 is 97.5 Å². The molecule has 0 aliphatic heterocycles. The maximum Gasteiger partial charge on any atom is 0.472 e. The second-order valence-corrected chi connectivity index (χ2v) is 29.8. The van der Waals surface area contributed by atoms with Crippen LogP contribution >= 0.6 is 15.6 Å². The van der Waals surface area contributed by atoms with Gasteiger partial charge in [0.15, 0.2) is 12.2 Å². The number of allylic oxidation sites excluding steroid dienone is 20. The molecule has 0 amide bonds. The van der Waals surface area contributed by atoms with Crippen LogP contribution in [0, 0.1) is 0 Å². The number of esters is 4. The first-order chi connectivity index (χ1) is 50.7. The van der Waals surface area contributed by atoms with Gasteiger partial charge in [0, 0.05) is 25.7 Å². The molecule has 19 heteroatoms. The number of phosphoric acid groups is 2. The van der Waals surface area contributed by atoms with Gasteiger partial charge in [0.05, 0.1) is 26.4 Å². The van der Waals surface area contributed by atoms with Crippen LogP contribution in [-0.2, 0) is 65.4 Å². The number of unbranched alkanes of at least 4 members (excludes halogenated alkanes) is 30. The Bertz CT molecular complexity index is 2440. The van der Waals surface area contributed by atoms with Crippen molar-refractivity contribution < 1.29 is 80.2 Å². The van der Waals surface area contributed by atoms with Gasteiger partial charge in [0.1, 0.15) is 19.3 Å². The molecule has 0 aromatic carbocycles. The van der Waals surface area contributed by atoms with Crippen molar-refractivity contribution in [2.24, 2.45) is 0 Å². The van der Waals surface area contributed by atoms with Crippen LogP contribution in [0.1, 0.15) is 336 Å². The van der Waals surface area contributed by atoms with E-state index in [4.69, 9.17) is 37.0 Å². The molecular weight excluding hydrogens is 1350 g/mol. The zero-order chi connectivity index (χ0) is 76.0. The monoisotopic (exact) mass is 1500 g/mol. The van der Waals surface area contributed by atoms with E-state index in [-0.39, 0.29) is 25.7 Å². The quantitative estimate of drug-likeness (QED) is 0.0169. The average Bonchev–Trinajstić information content (AvgIpc) is 0.918. The third-order valence-electron chi connectivity index (χ3n) is 16.9. The predicted molar refractivity (Wildman–Crippen MR) is 427 cm³/mol. The lowest BCUT2D eigenvalue weighted by atomic mass is 10.1. The van der Waals surface area contributed by atoms with E-state index in [2.05, 4.69) is 149 Å². The van der Waals surface area contributed by atoms with Crippen molar-refractivity contribution in [1.82, 2.24) is 0 Å². The second kappa shape index (κ2) is 76.6. The van der Waals surface area contributed by atoms with Crippen LogP contribution in [0.15, 0.2) is 122 Å². The lowest BCUT2D eigenvalue weighted by molar-refractivity contribution is -0.161. The highest BCUT2D eigenvalue weighted by molar-refractivity contribution is 7.47. The fourth-order valence-electron chi connectivity index (χ4n) is 10.7. The minimum Gasteiger partial charge on any atom is -0.462 e. The fraction of sp³-hybridized carbons (Fsp3) is 0.718. The molecule has 0 heterocycles. The summed E-state index contributed by atoms with van der Waals surface area (Å²) in [5.74, 6) is -2.22. The number of ether oxygens (including phenoxy) is 4. The van der Waals surface area contributed by atoms with E-state index in [1.165, 1.54) is 44.9 Å². The van der Waals surface area contributed by atoms with Gasteiger partial charge in [0.2, 0.25) is 0 Å². The maximum absolute atomic E-state index is 13.1. The summed E-state index contributed by atoms with van der Waals surface area (Å²) in [6, 6.07) is 0. The van der Waals surface area contributed by atoms with Crippen LogP contribution in [0.4, 0.5) is 0 Å². The molecule has 0 aromatic heterocycles. The van der Waals surface area contributed by atoms with Gasteiger partial charge >= 0.3 is 39.5 Å². The van der Waals surface area contributed by atoms with E-state index in [0.717, 1.165) is 212 Å². The van der Waals surface area contributed by atoms with Gasteiger partial charge in [0.25, 0.3) is 0 Å². The SMILES string of the molecule is CC/C=C\C/C=C\C/C=C\CCCCCCCCCC(=O)OCC(COP(=O)(O)OCC(O)COP(=O)(O)OCC(COC(=O)CCCCCCCC/C=C\C/C=C\C/C=C\CCCCC)OC(=O)CCCCCCC/C=C\C/C=C\C/C=C\CC)OC(=O)CCCCCCC/C=C\CCCCCC. The van der Waals surface area contributed by atoms with Gasteiger partial charge < -0.3 is 33.8 Å². The Labute approximate surface area is 632 Å². The highest BCUT2D eigenvalue weighted by atomic mass is 31.2. The highest BCUT2D eigenvalue weighted by Gasteiger charge is 2.30. The Morgan fingerprint density at radius 2 is 0.500 bits per heavy atom. The summed E-state index contributed by atoms with van der Waals surface area (Å²) in [6.45, 7) is 4.59. The third kappa shape index (κ3) is 75.7. The second-order valence-electron chi connectivity index (χ2n) is 26.9. The smallest absolute Gasteiger partial charge is 0.462 e. The van der Waals surface area contributed by atoms with Crippen molar-refractivity contribution in [2.45, 2.75) is 354 Å². The zero-order valence-electron chi connectivity index (χ0n) is 65.4. The van der Waals surface area contributed by atoms with Crippen LogP contribution in [0.3, 0.4) is 0 Å². The van der Waals surface area contributed by atoms with Crippen LogP contribution in [-0.4, -0.2) is 96.7 Å². The molecular formula is C85H146O17P2. The van der Waals surface area contributed by atoms with Crippen molar-refractivity contribution >= 4 is 39.5 Å². The van der Waals surface area contributed by atoms with Crippen LogP contribution in [0.25, 0.3) is 0 Å². The third-order valence-corrected chi connectivity index (χ3v) is 18.8. The predicted octanol–water partition coefficient (Wildman–Crippen LogP) is 23.9. The van der Waals surface area contributed by atoms with Crippen LogP contribution in [0.5, 0.6) is 0 Å². The lowest BCUT2D eigenvalue weighted by Crippen LogP contribution is -2.30.